The Balaban J connectivity index is 0.00000533. The van der Waals surface area contributed by atoms with E-state index in [4.69, 9.17) is 23.1 Å². The molecule has 6 saturated heterocycles. The summed E-state index contributed by atoms with van der Waals surface area (Å²) >= 11 is 0. The number of aliphatic hydroxyl groups is 2. The number of hydrogen-bond donors (Lipinski definition) is 2. The first-order chi connectivity index (χ1) is 32.1. The Bertz CT molecular complexity index is 2370. The minimum absolute atomic E-state index is 0. The standard InChI is InChI=1S/C58H88O10S.Na/c1-33(38-14-16-40-36-13-18-46-49(3,4)57(59)26-24-55(46,31-64-57)42(36)20-22-52(38,40)9)12-19-47-54(11)30-35(51(7,8)68-54)28-44(66-47)34(2)39-15-17-41-37-29-45(67-69(61,62)63)48-50(5,6)58(60)27-25-56(48,32-65-58)43(37)21-23-53(39,41)10;/h18,33-35,38-41,44-45,47-48,59-60H,12-17,19-32H2,1-11H3,(H,61,62,63);/q;+1/p-1/t33-,34+,35-,38-,39-,40+,41+,44-,45+,47+,48?,52-,53-,54-,55+,56+,57-,58-;/m1./s1. The van der Waals surface area contributed by atoms with Crippen LogP contribution >= 0.6 is 0 Å². The van der Waals surface area contributed by atoms with Gasteiger partial charge in [0.05, 0.1) is 42.7 Å². The number of ether oxygens (including phenoxy) is 4. The minimum Gasteiger partial charge on any atom is -0.726 e. The van der Waals surface area contributed by atoms with E-state index in [0.717, 1.165) is 77.0 Å². The van der Waals surface area contributed by atoms with E-state index >= 15 is 0 Å². The minimum atomic E-state index is -4.98. The van der Waals surface area contributed by atoms with Crippen LogP contribution < -0.4 is 29.6 Å². The van der Waals surface area contributed by atoms with E-state index in [-0.39, 0.29) is 86.5 Å². The second-order valence-corrected chi connectivity index (χ2v) is 29.5. The van der Waals surface area contributed by atoms with Crippen LogP contribution in [0.4, 0.5) is 0 Å². The van der Waals surface area contributed by atoms with E-state index < -0.39 is 38.9 Å². The fourth-order valence-electron chi connectivity index (χ4n) is 21.3. The maximum Gasteiger partial charge on any atom is 1.00 e. The van der Waals surface area contributed by atoms with Gasteiger partial charge in [0.15, 0.2) is 11.6 Å². The summed E-state index contributed by atoms with van der Waals surface area (Å²) in [6, 6.07) is 0. The average molecular weight is 999 g/mol. The summed E-state index contributed by atoms with van der Waals surface area (Å²) in [6.45, 7) is 26.5. The third-order valence-corrected chi connectivity index (χ3v) is 25.4. The van der Waals surface area contributed by atoms with Crippen LogP contribution in [0.3, 0.4) is 0 Å². The zero-order valence-electron chi connectivity index (χ0n) is 45.1. The Morgan fingerprint density at radius 2 is 1.44 bits per heavy atom. The van der Waals surface area contributed by atoms with Gasteiger partial charge in [0.25, 0.3) is 0 Å². The Kier molecular flexibility index (Phi) is 12.0. The van der Waals surface area contributed by atoms with Gasteiger partial charge in [-0.2, -0.15) is 0 Å². The Morgan fingerprint density at radius 1 is 0.800 bits per heavy atom. The van der Waals surface area contributed by atoms with Gasteiger partial charge in [-0.05, 0) is 176 Å². The topological polar surface area (TPSA) is 144 Å². The molecule has 8 aliphatic carbocycles. The molecule has 6 heterocycles. The van der Waals surface area contributed by atoms with Gasteiger partial charge in [-0.25, -0.2) is 8.42 Å². The van der Waals surface area contributed by atoms with Crippen molar-refractivity contribution < 1.29 is 75.9 Å². The molecule has 6 aliphatic heterocycles. The van der Waals surface area contributed by atoms with E-state index in [1.54, 1.807) is 11.1 Å². The van der Waals surface area contributed by atoms with E-state index in [1.165, 1.54) is 36.0 Å². The van der Waals surface area contributed by atoms with Gasteiger partial charge in [-0.15, -0.1) is 0 Å². The first-order valence-corrected chi connectivity index (χ1v) is 29.3. The summed E-state index contributed by atoms with van der Waals surface area (Å²) < 4.78 is 70.4. The molecule has 10 fully saturated rings. The SMILES string of the molecule is C[C@@H]([C@H]1CC[C@H]2C3=C(CC[C@]12C)[C@]12CC[C@@](O)(OC1)C(C)(C)C2[C@@H](OS(=O)(=O)[O-])C3)[C@H]1C[C@@H]2C[C@@](C)(OC2(C)C)[C@H](CC[C@@H](C)[C@H]2CC[C@H]3C4=C(CC[C@]23C)[C@]23CC[C@@](O)(OC2)C(C)(C)C3=CC4)O1.[Na+]. The zero-order chi connectivity index (χ0) is 49.1. The quantitative estimate of drug-likeness (QED) is 0.106. The smallest absolute Gasteiger partial charge is 0.726 e. The second-order valence-electron chi connectivity index (χ2n) is 28.5. The molecule has 1 unspecified atom stereocenters. The van der Waals surface area contributed by atoms with Crippen molar-refractivity contribution in [3.63, 3.8) is 0 Å². The molecule has 386 valence electrons. The predicted octanol–water partition coefficient (Wildman–Crippen LogP) is 8.27. The number of allylic oxidation sites excluding steroid dienone is 2. The van der Waals surface area contributed by atoms with Crippen molar-refractivity contribution in [3.8, 4) is 0 Å². The maximum absolute atomic E-state index is 12.4. The van der Waals surface area contributed by atoms with E-state index in [9.17, 15) is 23.2 Å². The number of hydrogen-bond acceptors (Lipinski definition) is 10. The molecule has 0 aromatic carbocycles. The molecule has 2 N–H and O–H groups in total. The largest absolute Gasteiger partial charge is 1.00 e. The average Bonchev–Trinajstić information content (AvgIpc) is 3.85. The van der Waals surface area contributed by atoms with Crippen LogP contribution in [0.1, 0.15) is 192 Å². The van der Waals surface area contributed by atoms with E-state index in [1.807, 2.05) is 13.8 Å². The molecular formula is C58H87NaO10S. The van der Waals surface area contributed by atoms with Crippen LogP contribution in [-0.2, 0) is 33.5 Å². The molecule has 0 aromatic rings. The predicted molar refractivity (Wildman–Crippen MR) is 262 cm³/mol. The normalized spacial score (nSPS) is 50.9. The van der Waals surface area contributed by atoms with Crippen LogP contribution in [0.5, 0.6) is 0 Å². The van der Waals surface area contributed by atoms with Crippen molar-refractivity contribution in [2.45, 2.75) is 233 Å². The van der Waals surface area contributed by atoms with E-state index in [2.05, 4.69) is 68.4 Å². The summed E-state index contributed by atoms with van der Waals surface area (Å²) in [4.78, 5) is 0. The monoisotopic (exact) mass is 999 g/mol. The van der Waals surface area contributed by atoms with Crippen LogP contribution in [0.2, 0.25) is 0 Å². The van der Waals surface area contributed by atoms with Crippen molar-refractivity contribution in [3.05, 3.63) is 33.9 Å². The van der Waals surface area contributed by atoms with Gasteiger partial charge in [-0.1, -0.05) is 89.3 Å². The molecule has 70 heavy (non-hydrogen) atoms. The Morgan fingerprint density at radius 3 is 2.10 bits per heavy atom. The van der Waals surface area contributed by atoms with Gasteiger partial charge in [0, 0.05) is 40.4 Å². The molecule has 10 nitrogen and oxygen atoms in total. The molecule has 2 spiro atoms. The molecule has 18 atom stereocenters. The second kappa shape index (κ2) is 16.2. The zero-order valence-corrected chi connectivity index (χ0v) is 48.0. The van der Waals surface area contributed by atoms with Crippen LogP contribution in [0.15, 0.2) is 33.9 Å². The fraction of sp³-hybridized carbons (Fsp3) is 0.897. The molecule has 4 saturated carbocycles. The van der Waals surface area contributed by atoms with Crippen molar-refractivity contribution in [1.82, 2.24) is 0 Å². The molecule has 0 amide bonds. The molecule has 6 bridgehead atoms. The van der Waals surface area contributed by atoms with Crippen LogP contribution in [0, 0.1) is 79.8 Å². The fourth-order valence-corrected chi connectivity index (χ4v) is 21.8. The number of fused-ring (bicyclic) bond motifs is 10. The van der Waals surface area contributed by atoms with Gasteiger partial charge in [-0.3, -0.25) is 4.18 Å². The van der Waals surface area contributed by atoms with Gasteiger partial charge >= 0.3 is 29.6 Å². The summed E-state index contributed by atoms with van der Waals surface area (Å²) in [7, 11) is -4.98. The van der Waals surface area contributed by atoms with Crippen molar-refractivity contribution in [2.24, 2.45) is 79.8 Å². The summed E-state index contributed by atoms with van der Waals surface area (Å²) in [5.74, 6) is 0.529. The number of rotatable bonds is 8. The van der Waals surface area contributed by atoms with E-state index in [0.29, 0.717) is 68.0 Å². The van der Waals surface area contributed by atoms with Crippen molar-refractivity contribution in [2.75, 3.05) is 13.2 Å². The van der Waals surface area contributed by atoms with Gasteiger partial charge in [0.2, 0.25) is 10.4 Å². The molecular weight excluding hydrogens is 912 g/mol. The molecule has 0 radical (unpaired) electrons. The first kappa shape index (κ1) is 51.9. The third-order valence-electron chi connectivity index (χ3n) is 24.9. The van der Waals surface area contributed by atoms with Crippen molar-refractivity contribution >= 4 is 10.4 Å². The van der Waals surface area contributed by atoms with Crippen molar-refractivity contribution in [1.29, 1.82) is 0 Å². The molecule has 12 heteroatoms. The Labute approximate surface area is 443 Å². The third kappa shape index (κ3) is 6.89. The molecule has 0 aromatic heterocycles. The molecule has 14 aliphatic rings. The summed E-state index contributed by atoms with van der Waals surface area (Å²) in [5.41, 5.74) is 5.67. The Hall–Kier alpha value is -0.150. The summed E-state index contributed by atoms with van der Waals surface area (Å²) in [5, 5.41) is 23.3. The van der Waals surface area contributed by atoms with Crippen LogP contribution in [0.25, 0.3) is 0 Å². The molecule has 14 rings (SSSR count). The first-order valence-electron chi connectivity index (χ1n) is 28.0. The van der Waals surface area contributed by atoms with Crippen LogP contribution in [-0.4, -0.2) is 77.5 Å². The van der Waals surface area contributed by atoms with Gasteiger partial charge in [0.1, 0.15) is 0 Å². The maximum atomic E-state index is 12.4. The van der Waals surface area contributed by atoms with Gasteiger partial charge < -0.3 is 33.7 Å². The summed E-state index contributed by atoms with van der Waals surface area (Å²) in [6.07, 6.45) is 19.5.